The van der Waals surface area contributed by atoms with Crippen molar-refractivity contribution in [3.63, 3.8) is 0 Å². The predicted octanol–water partition coefficient (Wildman–Crippen LogP) is 2.91. The van der Waals surface area contributed by atoms with Crippen LogP contribution in [0.2, 0.25) is 0 Å². The number of nitrogens with zero attached hydrogens (tertiary/aromatic N) is 1. The molecule has 1 aromatic heterocycles. The summed E-state index contributed by atoms with van der Waals surface area (Å²) in [7, 11) is 1.61. The molecular weight excluding hydrogens is 270 g/mol. The van der Waals surface area contributed by atoms with Gasteiger partial charge in [-0.3, -0.25) is 0 Å². The van der Waals surface area contributed by atoms with Gasteiger partial charge < -0.3 is 19.0 Å². The lowest BCUT2D eigenvalue weighted by molar-refractivity contribution is 0.266. The van der Waals surface area contributed by atoms with Gasteiger partial charge in [0.25, 0.3) is 0 Å². The number of rotatable bonds is 5. The Morgan fingerprint density at radius 3 is 2.81 bits per heavy atom. The molecule has 3 rings (SSSR count). The average molecular weight is 285 g/mol. The fourth-order valence-electron chi connectivity index (χ4n) is 2.02. The van der Waals surface area contributed by atoms with E-state index in [1.54, 1.807) is 31.4 Å². The molecule has 0 fully saturated rings. The van der Waals surface area contributed by atoms with Crippen molar-refractivity contribution in [1.29, 1.82) is 0 Å². The molecule has 1 N–H and O–H groups in total. The molecule has 0 bridgehead atoms. The lowest BCUT2D eigenvalue weighted by Gasteiger charge is -2.05. The summed E-state index contributed by atoms with van der Waals surface area (Å²) in [6.45, 7) is 0.217. The number of benzene rings is 2. The molecule has 0 aliphatic carbocycles. The third kappa shape index (κ3) is 2.98. The number of hydrogen-bond donors (Lipinski definition) is 1. The molecule has 0 aliphatic heterocycles. The van der Waals surface area contributed by atoms with Crippen LogP contribution < -0.4 is 9.47 Å². The van der Waals surface area contributed by atoms with Crippen molar-refractivity contribution in [3.8, 4) is 11.5 Å². The summed E-state index contributed by atoms with van der Waals surface area (Å²) < 4.78 is 16.4. The Kier molecular flexibility index (Phi) is 3.75. The van der Waals surface area contributed by atoms with Gasteiger partial charge in [0.2, 0.25) is 5.89 Å². The lowest BCUT2D eigenvalue weighted by Crippen LogP contribution is -1.95. The second-order valence-electron chi connectivity index (χ2n) is 4.54. The van der Waals surface area contributed by atoms with Crippen molar-refractivity contribution >= 4 is 11.1 Å². The zero-order chi connectivity index (χ0) is 14.7. The minimum atomic E-state index is -0.0154. The summed E-state index contributed by atoms with van der Waals surface area (Å²) in [5, 5.41) is 9.11. The highest BCUT2D eigenvalue weighted by Gasteiger charge is 2.07. The number of aromatic nitrogens is 1. The maximum Gasteiger partial charge on any atom is 0.233 e. The van der Waals surface area contributed by atoms with Gasteiger partial charge >= 0.3 is 0 Å². The Bertz CT molecular complexity index is 751. The van der Waals surface area contributed by atoms with Gasteiger partial charge in [-0.15, -0.1) is 0 Å². The molecule has 0 aliphatic rings. The number of hydrogen-bond acceptors (Lipinski definition) is 5. The third-order valence-corrected chi connectivity index (χ3v) is 3.08. The molecular formula is C16H15NO4. The van der Waals surface area contributed by atoms with Crippen molar-refractivity contribution in [2.75, 3.05) is 7.11 Å². The second kappa shape index (κ2) is 5.85. The summed E-state index contributed by atoms with van der Waals surface area (Å²) >= 11 is 0. The summed E-state index contributed by atoms with van der Waals surface area (Å²) in [6.07, 6.45) is 0. The van der Waals surface area contributed by atoms with Crippen molar-refractivity contribution in [2.24, 2.45) is 0 Å². The molecule has 2 aromatic carbocycles. The molecule has 0 saturated heterocycles. The number of ether oxygens (including phenoxy) is 2. The molecule has 0 amide bonds. The van der Waals surface area contributed by atoms with Crippen LogP contribution >= 0.6 is 0 Å². The molecule has 0 radical (unpaired) electrons. The van der Waals surface area contributed by atoms with Gasteiger partial charge in [-0.2, -0.15) is 0 Å². The molecule has 1 heterocycles. The molecule has 5 nitrogen and oxygen atoms in total. The number of methoxy groups -OCH3 is 1. The van der Waals surface area contributed by atoms with Crippen molar-refractivity contribution in [3.05, 3.63) is 53.9 Å². The SMILES string of the molecule is COc1cccc(OCc2nc3cc(CO)ccc3o2)c1. The quantitative estimate of drug-likeness (QED) is 0.781. The number of aliphatic hydroxyl groups excluding tert-OH is 1. The van der Waals surface area contributed by atoms with E-state index < -0.39 is 0 Å². The fourth-order valence-corrected chi connectivity index (χ4v) is 2.02. The van der Waals surface area contributed by atoms with E-state index in [2.05, 4.69) is 4.98 Å². The van der Waals surface area contributed by atoms with E-state index in [0.717, 1.165) is 11.3 Å². The van der Waals surface area contributed by atoms with E-state index in [1.807, 2.05) is 18.2 Å². The van der Waals surface area contributed by atoms with Crippen LogP contribution in [0.5, 0.6) is 11.5 Å². The van der Waals surface area contributed by atoms with Crippen LogP contribution in [0.3, 0.4) is 0 Å². The highest BCUT2D eigenvalue weighted by Crippen LogP contribution is 2.21. The van der Waals surface area contributed by atoms with Crippen LogP contribution in [-0.4, -0.2) is 17.2 Å². The Morgan fingerprint density at radius 1 is 1.14 bits per heavy atom. The first kappa shape index (κ1) is 13.5. The zero-order valence-corrected chi connectivity index (χ0v) is 11.6. The van der Waals surface area contributed by atoms with Gasteiger partial charge in [-0.1, -0.05) is 12.1 Å². The summed E-state index contributed by atoms with van der Waals surface area (Å²) in [5.74, 6) is 1.91. The lowest BCUT2D eigenvalue weighted by atomic mass is 10.2. The standard InChI is InChI=1S/C16H15NO4/c1-19-12-3-2-4-13(8-12)20-10-16-17-14-7-11(9-18)5-6-15(14)21-16/h2-8,18H,9-10H2,1H3. The Hall–Kier alpha value is -2.53. The van der Waals surface area contributed by atoms with Crippen LogP contribution in [-0.2, 0) is 13.2 Å². The van der Waals surface area contributed by atoms with Gasteiger partial charge in [0.1, 0.15) is 17.0 Å². The predicted molar refractivity (Wildman–Crippen MR) is 77.3 cm³/mol. The fraction of sp³-hybridized carbons (Fsp3) is 0.188. The van der Waals surface area contributed by atoms with E-state index in [4.69, 9.17) is 19.0 Å². The van der Waals surface area contributed by atoms with Crippen LogP contribution in [0, 0.1) is 0 Å². The van der Waals surface area contributed by atoms with Crippen LogP contribution in [0.15, 0.2) is 46.9 Å². The normalized spacial score (nSPS) is 10.8. The van der Waals surface area contributed by atoms with E-state index in [9.17, 15) is 0 Å². The third-order valence-electron chi connectivity index (χ3n) is 3.08. The maximum absolute atomic E-state index is 9.11. The first-order valence-corrected chi connectivity index (χ1v) is 6.54. The Labute approximate surface area is 121 Å². The summed E-state index contributed by atoms with van der Waals surface area (Å²) in [5.41, 5.74) is 2.19. The summed E-state index contributed by atoms with van der Waals surface area (Å²) in [6, 6.07) is 12.7. The number of aliphatic hydroxyl groups is 1. The monoisotopic (exact) mass is 285 g/mol. The van der Waals surface area contributed by atoms with Gasteiger partial charge in [-0.25, -0.2) is 4.98 Å². The first-order valence-electron chi connectivity index (χ1n) is 6.54. The number of fused-ring (bicyclic) bond motifs is 1. The van der Waals surface area contributed by atoms with Crippen LogP contribution in [0.25, 0.3) is 11.1 Å². The topological polar surface area (TPSA) is 64.7 Å². The second-order valence-corrected chi connectivity index (χ2v) is 4.54. The van der Waals surface area contributed by atoms with Crippen molar-refractivity contribution in [2.45, 2.75) is 13.2 Å². The first-order chi connectivity index (χ1) is 10.3. The molecule has 0 spiro atoms. The van der Waals surface area contributed by atoms with Crippen molar-refractivity contribution < 1.29 is 19.0 Å². The average Bonchev–Trinajstić information content (AvgIpc) is 2.95. The molecule has 3 aromatic rings. The molecule has 0 atom stereocenters. The van der Waals surface area contributed by atoms with Gasteiger partial charge in [0, 0.05) is 6.07 Å². The van der Waals surface area contributed by atoms with Gasteiger partial charge in [0.05, 0.1) is 13.7 Å². The molecule has 5 heteroatoms. The minimum Gasteiger partial charge on any atom is -0.497 e. The molecule has 0 unspecified atom stereocenters. The van der Waals surface area contributed by atoms with Crippen LogP contribution in [0.1, 0.15) is 11.5 Å². The Balaban J connectivity index is 1.75. The molecule has 108 valence electrons. The van der Waals surface area contributed by atoms with Gasteiger partial charge in [0.15, 0.2) is 12.2 Å². The Morgan fingerprint density at radius 2 is 2.00 bits per heavy atom. The minimum absolute atomic E-state index is 0.0154. The van der Waals surface area contributed by atoms with Crippen LogP contribution in [0.4, 0.5) is 0 Å². The van der Waals surface area contributed by atoms with E-state index in [0.29, 0.717) is 22.7 Å². The van der Waals surface area contributed by atoms with E-state index >= 15 is 0 Å². The smallest absolute Gasteiger partial charge is 0.233 e. The number of oxazole rings is 1. The highest BCUT2D eigenvalue weighted by molar-refractivity contribution is 5.73. The maximum atomic E-state index is 9.11. The van der Waals surface area contributed by atoms with E-state index in [-0.39, 0.29) is 13.2 Å². The summed E-state index contributed by atoms with van der Waals surface area (Å²) in [4.78, 5) is 4.34. The van der Waals surface area contributed by atoms with E-state index in [1.165, 1.54) is 0 Å². The van der Waals surface area contributed by atoms with Gasteiger partial charge in [-0.05, 0) is 29.8 Å². The molecule has 0 saturated carbocycles. The zero-order valence-electron chi connectivity index (χ0n) is 11.6. The molecule has 21 heavy (non-hydrogen) atoms. The highest BCUT2D eigenvalue weighted by atomic mass is 16.5. The van der Waals surface area contributed by atoms with Crippen molar-refractivity contribution in [1.82, 2.24) is 4.98 Å². The largest absolute Gasteiger partial charge is 0.497 e.